The van der Waals surface area contributed by atoms with E-state index in [1.807, 2.05) is 24.4 Å². The van der Waals surface area contributed by atoms with Crippen molar-refractivity contribution in [2.75, 3.05) is 0 Å². The van der Waals surface area contributed by atoms with Gasteiger partial charge in [-0.15, -0.1) is 0 Å². The second kappa shape index (κ2) is 5.93. The van der Waals surface area contributed by atoms with E-state index in [0.717, 1.165) is 20.8 Å². The van der Waals surface area contributed by atoms with Gasteiger partial charge in [0, 0.05) is 21.4 Å². The van der Waals surface area contributed by atoms with Crippen LogP contribution in [0.4, 0.5) is 8.78 Å². The summed E-state index contributed by atoms with van der Waals surface area (Å²) in [5.41, 5.74) is 2.59. The van der Waals surface area contributed by atoms with Crippen molar-refractivity contribution in [3.63, 3.8) is 0 Å². The summed E-state index contributed by atoms with van der Waals surface area (Å²) in [4.78, 5) is 0. The second-order valence-corrected chi connectivity index (χ2v) is 5.96. The highest BCUT2D eigenvalue weighted by Crippen LogP contribution is 2.21. The lowest BCUT2D eigenvalue weighted by atomic mass is 10.1. The predicted octanol–water partition coefficient (Wildman–Crippen LogP) is 4.48. The smallest absolute Gasteiger partial charge is 0.126 e. The lowest BCUT2D eigenvalue weighted by Gasteiger charge is -2.02. The first-order chi connectivity index (χ1) is 10.1. The average molecular weight is 396 g/mol. The molecule has 0 radical (unpaired) electrons. The van der Waals surface area contributed by atoms with E-state index in [1.54, 1.807) is 10.9 Å². The molecule has 0 saturated heterocycles. The average Bonchev–Trinajstić information content (AvgIpc) is 2.86. The fourth-order valence-corrected chi connectivity index (χ4v) is 2.70. The van der Waals surface area contributed by atoms with Gasteiger partial charge in [-0.1, -0.05) is 12.1 Å². The molecule has 2 aromatic carbocycles. The van der Waals surface area contributed by atoms with Crippen molar-refractivity contribution >= 4 is 22.6 Å². The monoisotopic (exact) mass is 396 g/mol. The van der Waals surface area contributed by atoms with Crippen LogP contribution in [0.15, 0.2) is 54.9 Å². The Hall–Kier alpha value is -1.76. The summed E-state index contributed by atoms with van der Waals surface area (Å²) in [6.07, 6.45) is 3.62. The Kier molecular flexibility index (Phi) is 4.01. The van der Waals surface area contributed by atoms with E-state index in [2.05, 4.69) is 33.8 Å². The van der Waals surface area contributed by atoms with Crippen molar-refractivity contribution in [2.45, 2.75) is 6.54 Å². The summed E-state index contributed by atoms with van der Waals surface area (Å²) in [5.74, 6) is -1.15. The van der Waals surface area contributed by atoms with Crippen molar-refractivity contribution in [2.24, 2.45) is 0 Å². The third kappa shape index (κ3) is 3.47. The second-order valence-electron chi connectivity index (χ2n) is 4.71. The Morgan fingerprint density at radius 1 is 1.00 bits per heavy atom. The summed E-state index contributed by atoms with van der Waals surface area (Å²) < 4.78 is 29.2. The molecule has 0 aliphatic carbocycles. The maximum atomic E-state index is 13.2. The Balaban J connectivity index is 1.85. The molecule has 3 rings (SSSR count). The molecule has 0 N–H and O–H groups in total. The van der Waals surface area contributed by atoms with Crippen LogP contribution in [-0.2, 0) is 6.54 Å². The first-order valence-electron chi connectivity index (χ1n) is 6.33. The molecule has 0 saturated carbocycles. The van der Waals surface area contributed by atoms with Crippen LogP contribution >= 0.6 is 22.6 Å². The first-order valence-corrected chi connectivity index (χ1v) is 7.41. The van der Waals surface area contributed by atoms with E-state index >= 15 is 0 Å². The standard InChI is InChI=1S/C16H11F2IN2/c17-14-4-11(5-15(18)7-14)9-21-10-13(8-20-21)12-2-1-3-16(19)6-12/h1-8,10H,9H2. The number of nitrogens with zero attached hydrogens (tertiary/aromatic N) is 2. The van der Waals surface area contributed by atoms with Gasteiger partial charge in [-0.25, -0.2) is 8.78 Å². The van der Waals surface area contributed by atoms with E-state index in [1.165, 1.54) is 12.1 Å². The van der Waals surface area contributed by atoms with Crippen molar-refractivity contribution < 1.29 is 8.78 Å². The van der Waals surface area contributed by atoms with Crippen LogP contribution in [0.1, 0.15) is 5.56 Å². The Morgan fingerprint density at radius 2 is 1.76 bits per heavy atom. The third-order valence-electron chi connectivity index (χ3n) is 3.06. The number of rotatable bonds is 3. The van der Waals surface area contributed by atoms with Gasteiger partial charge in [0.05, 0.1) is 12.7 Å². The maximum absolute atomic E-state index is 13.2. The Bertz CT molecular complexity index is 763. The molecule has 106 valence electrons. The molecule has 21 heavy (non-hydrogen) atoms. The zero-order valence-corrected chi connectivity index (χ0v) is 13.1. The van der Waals surface area contributed by atoms with Crippen LogP contribution in [0.5, 0.6) is 0 Å². The van der Waals surface area contributed by atoms with Gasteiger partial charge in [-0.3, -0.25) is 4.68 Å². The molecule has 0 unspecified atom stereocenters. The van der Waals surface area contributed by atoms with Gasteiger partial charge in [-0.2, -0.15) is 5.10 Å². The topological polar surface area (TPSA) is 17.8 Å². The Labute approximate surface area is 134 Å². The van der Waals surface area contributed by atoms with Gasteiger partial charge < -0.3 is 0 Å². The minimum atomic E-state index is -0.574. The van der Waals surface area contributed by atoms with Crippen LogP contribution in [0.2, 0.25) is 0 Å². The molecule has 2 nitrogen and oxygen atoms in total. The van der Waals surface area contributed by atoms with Crippen LogP contribution in [0, 0.1) is 15.2 Å². The third-order valence-corrected chi connectivity index (χ3v) is 3.73. The molecule has 1 heterocycles. The van der Waals surface area contributed by atoms with Crippen molar-refractivity contribution in [3.05, 3.63) is 75.6 Å². The molecule has 0 aliphatic rings. The fraction of sp³-hybridized carbons (Fsp3) is 0.0625. The normalized spacial score (nSPS) is 10.8. The largest absolute Gasteiger partial charge is 0.268 e. The molecule has 0 amide bonds. The minimum absolute atomic E-state index is 0.332. The van der Waals surface area contributed by atoms with Gasteiger partial charge in [0.2, 0.25) is 0 Å². The van der Waals surface area contributed by atoms with Gasteiger partial charge in [-0.05, 0) is 58.0 Å². The van der Waals surface area contributed by atoms with E-state index < -0.39 is 11.6 Å². The highest BCUT2D eigenvalue weighted by Gasteiger charge is 2.05. The van der Waals surface area contributed by atoms with Crippen molar-refractivity contribution in [3.8, 4) is 11.1 Å². The highest BCUT2D eigenvalue weighted by molar-refractivity contribution is 14.1. The number of aromatic nitrogens is 2. The predicted molar refractivity (Wildman–Crippen MR) is 85.8 cm³/mol. The molecule has 0 atom stereocenters. The quantitative estimate of drug-likeness (QED) is 0.597. The molecule has 0 spiro atoms. The molecule has 1 aromatic heterocycles. The molecule has 0 bridgehead atoms. The number of halogens is 3. The van der Waals surface area contributed by atoms with Gasteiger partial charge in [0.15, 0.2) is 0 Å². The molecule has 5 heteroatoms. The van der Waals surface area contributed by atoms with E-state index in [9.17, 15) is 8.78 Å². The maximum Gasteiger partial charge on any atom is 0.126 e. The first kappa shape index (κ1) is 14.2. The van der Waals surface area contributed by atoms with Crippen molar-refractivity contribution in [1.82, 2.24) is 9.78 Å². The van der Waals surface area contributed by atoms with Crippen LogP contribution < -0.4 is 0 Å². The number of hydrogen-bond donors (Lipinski definition) is 0. The Morgan fingerprint density at radius 3 is 2.48 bits per heavy atom. The highest BCUT2D eigenvalue weighted by atomic mass is 127. The van der Waals surface area contributed by atoms with E-state index in [-0.39, 0.29) is 0 Å². The van der Waals surface area contributed by atoms with Crippen LogP contribution in [0.3, 0.4) is 0 Å². The molecular weight excluding hydrogens is 385 g/mol. The van der Waals surface area contributed by atoms with Crippen LogP contribution in [0.25, 0.3) is 11.1 Å². The van der Waals surface area contributed by atoms with Crippen LogP contribution in [-0.4, -0.2) is 9.78 Å². The van der Waals surface area contributed by atoms with Gasteiger partial charge >= 0.3 is 0 Å². The summed E-state index contributed by atoms with van der Waals surface area (Å²) >= 11 is 2.25. The zero-order chi connectivity index (χ0) is 14.8. The van der Waals surface area contributed by atoms with Gasteiger partial charge in [0.25, 0.3) is 0 Å². The van der Waals surface area contributed by atoms with E-state index in [4.69, 9.17) is 0 Å². The van der Waals surface area contributed by atoms with Gasteiger partial charge in [0.1, 0.15) is 11.6 Å². The minimum Gasteiger partial charge on any atom is -0.268 e. The fourth-order valence-electron chi connectivity index (χ4n) is 2.16. The lowest BCUT2D eigenvalue weighted by Crippen LogP contribution is -2.00. The zero-order valence-electron chi connectivity index (χ0n) is 10.9. The molecule has 0 aliphatic heterocycles. The SMILES string of the molecule is Fc1cc(F)cc(Cn2cc(-c3cccc(I)c3)cn2)c1. The van der Waals surface area contributed by atoms with Crippen molar-refractivity contribution in [1.29, 1.82) is 0 Å². The number of hydrogen-bond acceptors (Lipinski definition) is 1. The summed E-state index contributed by atoms with van der Waals surface area (Å²) in [5, 5.41) is 4.25. The lowest BCUT2D eigenvalue weighted by molar-refractivity contribution is 0.574. The summed E-state index contributed by atoms with van der Waals surface area (Å²) in [7, 11) is 0. The summed E-state index contributed by atoms with van der Waals surface area (Å²) in [6, 6.07) is 11.6. The molecular formula is C16H11F2IN2. The summed E-state index contributed by atoms with van der Waals surface area (Å²) in [6.45, 7) is 0.332. The number of benzene rings is 2. The molecule has 3 aromatic rings. The van der Waals surface area contributed by atoms with E-state index in [0.29, 0.717) is 12.1 Å². The molecule has 0 fully saturated rings.